The van der Waals surface area contributed by atoms with Crippen LogP contribution in [0.4, 0.5) is 0 Å². The first-order valence-electron chi connectivity index (χ1n) is 7.62. The fraction of sp³-hybridized carbons (Fsp3) is 1.00. The van der Waals surface area contributed by atoms with Gasteiger partial charge in [-0.25, -0.2) is 0 Å². The van der Waals surface area contributed by atoms with E-state index < -0.39 is 0 Å². The maximum absolute atomic E-state index is 5.92. The fourth-order valence-electron chi connectivity index (χ4n) is 3.92. The lowest BCUT2D eigenvalue weighted by Gasteiger charge is -2.40. The van der Waals surface area contributed by atoms with Crippen LogP contribution in [0.5, 0.6) is 0 Å². The highest BCUT2D eigenvalue weighted by molar-refractivity contribution is 4.96. The molecule has 2 atom stereocenters. The van der Waals surface area contributed by atoms with Crippen LogP contribution in [0.1, 0.15) is 58.8 Å². The van der Waals surface area contributed by atoms with Gasteiger partial charge in [0.15, 0.2) is 0 Å². The molecular formula is C15H29NO. The Balaban J connectivity index is 2.07. The van der Waals surface area contributed by atoms with Crippen molar-refractivity contribution in [1.82, 2.24) is 5.32 Å². The molecule has 2 aliphatic rings. The van der Waals surface area contributed by atoms with Gasteiger partial charge in [-0.1, -0.05) is 32.6 Å². The molecular weight excluding hydrogens is 210 g/mol. The highest BCUT2D eigenvalue weighted by Gasteiger charge is 2.46. The maximum Gasteiger partial charge on any atom is 0.0618 e. The first-order valence-corrected chi connectivity index (χ1v) is 7.62. The van der Waals surface area contributed by atoms with Crippen LogP contribution >= 0.6 is 0 Å². The van der Waals surface area contributed by atoms with E-state index in [0.717, 1.165) is 25.6 Å². The third-order valence-electron chi connectivity index (χ3n) is 5.12. The monoisotopic (exact) mass is 239 g/mol. The van der Waals surface area contributed by atoms with Crippen LogP contribution in [0.2, 0.25) is 0 Å². The van der Waals surface area contributed by atoms with Gasteiger partial charge in [0.25, 0.3) is 0 Å². The van der Waals surface area contributed by atoms with Crippen molar-refractivity contribution in [2.75, 3.05) is 19.7 Å². The molecule has 1 aliphatic carbocycles. The highest BCUT2D eigenvalue weighted by atomic mass is 16.5. The smallest absolute Gasteiger partial charge is 0.0618 e. The Morgan fingerprint density at radius 1 is 1.18 bits per heavy atom. The predicted octanol–water partition coefficient (Wildman–Crippen LogP) is 3.36. The van der Waals surface area contributed by atoms with Gasteiger partial charge in [-0.15, -0.1) is 0 Å². The number of hydrogen-bond donors (Lipinski definition) is 1. The summed E-state index contributed by atoms with van der Waals surface area (Å²) in [5.41, 5.74) is 0.431. The van der Waals surface area contributed by atoms with E-state index in [-0.39, 0.29) is 0 Å². The Morgan fingerprint density at radius 3 is 2.41 bits per heavy atom. The van der Waals surface area contributed by atoms with Crippen LogP contribution in [0.25, 0.3) is 0 Å². The summed E-state index contributed by atoms with van der Waals surface area (Å²) < 4.78 is 5.92. The summed E-state index contributed by atoms with van der Waals surface area (Å²) in [6.45, 7) is 7.73. The first kappa shape index (κ1) is 13.4. The molecule has 2 fully saturated rings. The van der Waals surface area contributed by atoms with Gasteiger partial charge in [-0.2, -0.15) is 0 Å². The standard InChI is InChI=1S/C15H29NO/c1-3-16-12-15(10-11-17-13(15)2)14-8-6-4-5-7-9-14/h13-14,16H,3-12H2,1-2H3. The number of hydrogen-bond acceptors (Lipinski definition) is 2. The Morgan fingerprint density at radius 2 is 1.88 bits per heavy atom. The van der Waals surface area contributed by atoms with Gasteiger partial charge in [0.05, 0.1) is 6.10 Å². The lowest BCUT2D eigenvalue weighted by Crippen LogP contribution is -2.45. The Bertz CT molecular complexity index is 223. The van der Waals surface area contributed by atoms with E-state index in [9.17, 15) is 0 Å². The summed E-state index contributed by atoms with van der Waals surface area (Å²) in [7, 11) is 0. The van der Waals surface area contributed by atoms with Gasteiger partial charge in [0.1, 0.15) is 0 Å². The van der Waals surface area contributed by atoms with E-state index in [4.69, 9.17) is 4.74 Å². The maximum atomic E-state index is 5.92. The number of ether oxygens (including phenoxy) is 1. The van der Waals surface area contributed by atoms with Crippen molar-refractivity contribution in [3.8, 4) is 0 Å². The number of nitrogens with one attached hydrogen (secondary N) is 1. The summed E-state index contributed by atoms with van der Waals surface area (Å²) in [4.78, 5) is 0. The Labute approximate surface area is 107 Å². The second-order valence-electron chi connectivity index (χ2n) is 5.96. The van der Waals surface area contributed by atoms with Gasteiger partial charge in [0.2, 0.25) is 0 Å². The van der Waals surface area contributed by atoms with Gasteiger partial charge in [0, 0.05) is 18.6 Å². The van der Waals surface area contributed by atoms with Crippen LogP contribution in [0, 0.1) is 11.3 Å². The molecule has 0 spiro atoms. The second kappa shape index (κ2) is 6.19. The Kier molecular flexibility index (Phi) is 4.87. The lowest BCUT2D eigenvalue weighted by molar-refractivity contribution is 0.0226. The molecule has 2 unspecified atom stereocenters. The van der Waals surface area contributed by atoms with Crippen LogP contribution in [0.15, 0.2) is 0 Å². The van der Waals surface area contributed by atoms with Gasteiger partial charge >= 0.3 is 0 Å². The predicted molar refractivity (Wildman–Crippen MR) is 72.2 cm³/mol. The molecule has 0 radical (unpaired) electrons. The summed E-state index contributed by atoms with van der Waals surface area (Å²) in [5.74, 6) is 0.890. The van der Waals surface area contributed by atoms with E-state index in [1.807, 2.05) is 0 Å². The van der Waals surface area contributed by atoms with Crippen LogP contribution < -0.4 is 5.32 Å². The first-order chi connectivity index (χ1) is 8.29. The molecule has 2 nitrogen and oxygen atoms in total. The third-order valence-corrected chi connectivity index (χ3v) is 5.12. The van der Waals surface area contributed by atoms with Crippen molar-refractivity contribution < 1.29 is 4.74 Å². The fourth-order valence-corrected chi connectivity index (χ4v) is 3.92. The molecule has 2 heteroatoms. The minimum absolute atomic E-state index is 0.431. The molecule has 1 heterocycles. The molecule has 0 aromatic heterocycles. The highest BCUT2D eigenvalue weighted by Crippen LogP contribution is 2.46. The summed E-state index contributed by atoms with van der Waals surface area (Å²) >= 11 is 0. The summed E-state index contributed by atoms with van der Waals surface area (Å²) in [6, 6.07) is 0. The lowest BCUT2D eigenvalue weighted by atomic mass is 9.67. The van der Waals surface area contributed by atoms with E-state index in [0.29, 0.717) is 11.5 Å². The summed E-state index contributed by atoms with van der Waals surface area (Å²) in [5, 5.41) is 3.60. The summed E-state index contributed by atoms with van der Waals surface area (Å²) in [6.07, 6.45) is 10.3. The second-order valence-corrected chi connectivity index (χ2v) is 5.96. The minimum atomic E-state index is 0.431. The van der Waals surface area contributed by atoms with Crippen molar-refractivity contribution in [1.29, 1.82) is 0 Å². The molecule has 0 aromatic carbocycles. The molecule has 0 bridgehead atoms. The SMILES string of the molecule is CCNCC1(C2CCCCCC2)CCOC1C. The zero-order chi connectivity index (χ0) is 12.1. The number of rotatable bonds is 4. The van der Waals surface area contributed by atoms with Crippen molar-refractivity contribution in [3.05, 3.63) is 0 Å². The van der Waals surface area contributed by atoms with E-state index in [1.165, 1.54) is 44.9 Å². The van der Waals surface area contributed by atoms with Crippen LogP contribution in [-0.2, 0) is 4.74 Å². The van der Waals surface area contributed by atoms with Crippen molar-refractivity contribution in [3.63, 3.8) is 0 Å². The van der Waals surface area contributed by atoms with E-state index >= 15 is 0 Å². The van der Waals surface area contributed by atoms with Crippen molar-refractivity contribution in [2.24, 2.45) is 11.3 Å². The van der Waals surface area contributed by atoms with Crippen molar-refractivity contribution in [2.45, 2.75) is 64.9 Å². The third kappa shape index (κ3) is 2.85. The van der Waals surface area contributed by atoms with E-state index in [2.05, 4.69) is 19.2 Å². The zero-order valence-electron chi connectivity index (χ0n) is 11.6. The van der Waals surface area contributed by atoms with Gasteiger partial charge < -0.3 is 10.1 Å². The van der Waals surface area contributed by atoms with Gasteiger partial charge in [-0.3, -0.25) is 0 Å². The topological polar surface area (TPSA) is 21.3 Å². The average molecular weight is 239 g/mol. The Hall–Kier alpha value is -0.0800. The van der Waals surface area contributed by atoms with Crippen molar-refractivity contribution >= 4 is 0 Å². The quantitative estimate of drug-likeness (QED) is 0.760. The normalized spacial score (nSPS) is 36.0. The molecule has 1 N–H and O–H groups in total. The molecule has 0 aromatic rings. The molecule has 1 saturated heterocycles. The van der Waals surface area contributed by atoms with Crippen LogP contribution in [-0.4, -0.2) is 25.8 Å². The van der Waals surface area contributed by atoms with E-state index in [1.54, 1.807) is 0 Å². The van der Waals surface area contributed by atoms with Gasteiger partial charge in [-0.05, 0) is 38.6 Å². The zero-order valence-corrected chi connectivity index (χ0v) is 11.6. The average Bonchev–Trinajstić information content (AvgIpc) is 2.58. The molecule has 1 saturated carbocycles. The largest absolute Gasteiger partial charge is 0.378 e. The minimum Gasteiger partial charge on any atom is -0.378 e. The molecule has 0 amide bonds. The van der Waals surface area contributed by atoms with Crippen LogP contribution in [0.3, 0.4) is 0 Å². The molecule has 2 rings (SSSR count). The molecule has 1 aliphatic heterocycles. The molecule has 100 valence electrons. The molecule has 17 heavy (non-hydrogen) atoms.